The smallest absolute Gasteiger partial charge is 0.303 e. The molecule has 98 valence electrons. The Balaban J connectivity index is 2.60. The van der Waals surface area contributed by atoms with Crippen LogP contribution in [-0.2, 0) is 4.79 Å². The zero-order chi connectivity index (χ0) is 13.7. The number of aryl methyl sites for hydroxylation is 2. The van der Waals surface area contributed by atoms with E-state index in [4.69, 9.17) is 5.11 Å². The lowest BCUT2D eigenvalue weighted by atomic mass is 10.0. The highest BCUT2D eigenvalue weighted by atomic mass is 16.4. The fourth-order valence-electron chi connectivity index (χ4n) is 1.71. The van der Waals surface area contributed by atoms with Gasteiger partial charge in [0, 0.05) is 18.5 Å². The van der Waals surface area contributed by atoms with E-state index < -0.39 is 5.97 Å². The second kappa shape index (κ2) is 6.19. The summed E-state index contributed by atoms with van der Waals surface area (Å²) in [5.41, 5.74) is 2.60. The van der Waals surface area contributed by atoms with E-state index in [0.717, 1.165) is 11.1 Å². The number of nitrogens with one attached hydrogen (secondary N) is 1. The number of amides is 1. The number of aliphatic carboxylic acids is 1. The maximum Gasteiger partial charge on any atom is 0.303 e. The monoisotopic (exact) mass is 249 g/mol. The fraction of sp³-hybridized carbons (Fsp3) is 0.429. The number of hydrogen-bond donors (Lipinski definition) is 2. The van der Waals surface area contributed by atoms with Crippen LogP contribution in [0.4, 0.5) is 0 Å². The van der Waals surface area contributed by atoms with Crippen LogP contribution in [0.25, 0.3) is 0 Å². The first kappa shape index (κ1) is 14.2. The van der Waals surface area contributed by atoms with Gasteiger partial charge in [0.25, 0.3) is 5.91 Å². The zero-order valence-corrected chi connectivity index (χ0v) is 11.0. The molecule has 2 N–H and O–H groups in total. The van der Waals surface area contributed by atoms with Gasteiger partial charge in [-0.05, 0) is 31.4 Å². The zero-order valence-electron chi connectivity index (χ0n) is 11.0. The van der Waals surface area contributed by atoms with Crippen LogP contribution in [0.15, 0.2) is 18.2 Å². The fourth-order valence-corrected chi connectivity index (χ4v) is 1.71. The van der Waals surface area contributed by atoms with Gasteiger partial charge in [-0.15, -0.1) is 0 Å². The van der Waals surface area contributed by atoms with Gasteiger partial charge in [-0.1, -0.05) is 24.6 Å². The van der Waals surface area contributed by atoms with Gasteiger partial charge >= 0.3 is 5.97 Å². The molecule has 1 amide bonds. The highest BCUT2D eigenvalue weighted by Gasteiger charge is 2.12. The van der Waals surface area contributed by atoms with Crippen molar-refractivity contribution in [2.45, 2.75) is 27.2 Å². The highest BCUT2D eigenvalue weighted by molar-refractivity contribution is 5.95. The van der Waals surface area contributed by atoms with Crippen molar-refractivity contribution in [2.75, 3.05) is 6.54 Å². The van der Waals surface area contributed by atoms with Crippen LogP contribution in [0.2, 0.25) is 0 Å². The van der Waals surface area contributed by atoms with Crippen molar-refractivity contribution in [3.05, 3.63) is 34.9 Å². The standard InChI is InChI=1S/C14H19NO3/c1-9-4-5-11(3)12(6-9)14(18)15-8-10(2)7-13(16)17/h4-6,10H,7-8H2,1-3H3,(H,15,18)(H,16,17). The van der Waals surface area contributed by atoms with Gasteiger partial charge < -0.3 is 10.4 Å². The summed E-state index contributed by atoms with van der Waals surface area (Å²) in [6, 6.07) is 5.70. The molecule has 1 unspecified atom stereocenters. The highest BCUT2D eigenvalue weighted by Crippen LogP contribution is 2.10. The Morgan fingerprint density at radius 2 is 2.00 bits per heavy atom. The summed E-state index contributed by atoms with van der Waals surface area (Å²) in [5.74, 6) is -1.06. The van der Waals surface area contributed by atoms with Gasteiger partial charge in [0.05, 0.1) is 0 Å². The van der Waals surface area contributed by atoms with E-state index in [9.17, 15) is 9.59 Å². The van der Waals surface area contributed by atoms with Crippen molar-refractivity contribution in [1.82, 2.24) is 5.32 Å². The third-order valence-electron chi connectivity index (χ3n) is 2.77. The molecule has 0 spiro atoms. The number of benzene rings is 1. The van der Waals surface area contributed by atoms with Crippen LogP contribution < -0.4 is 5.32 Å². The molecule has 1 aromatic carbocycles. The first-order chi connectivity index (χ1) is 8.40. The lowest BCUT2D eigenvalue weighted by Gasteiger charge is -2.12. The van der Waals surface area contributed by atoms with Gasteiger partial charge in [-0.3, -0.25) is 9.59 Å². The molecule has 0 aromatic heterocycles. The van der Waals surface area contributed by atoms with Gasteiger partial charge in [0.15, 0.2) is 0 Å². The summed E-state index contributed by atoms with van der Waals surface area (Å²) in [6.07, 6.45) is 0.0626. The molecule has 0 saturated heterocycles. The number of carboxylic acids is 1. The molecule has 0 radical (unpaired) electrons. The second-order valence-electron chi connectivity index (χ2n) is 4.73. The Morgan fingerprint density at radius 3 is 2.61 bits per heavy atom. The molecule has 18 heavy (non-hydrogen) atoms. The largest absolute Gasteiger partial charge is 0.481 e. The molecule has 0 aliphatic carbocycles. The minimum Gasteiger partial charge on any atom is -0.481 e. The van der Waals surface area contributed by atoms with Crippen molar-refractivity contribution in [3.8, 4) is 0 Å². The summed E-state index contributed by atoms with van der Waals surface area (Å²) >= 11 is 0. The molecular weight excluding hydrogens is 230 g/mol. The maximum atomic E-state index is 11.9. The van der Waals surface area contributed by atoms with E-state index in [0.29, 0.717) is 12.1 Å². The predicted octanol–water partition coefficient (Wildman–Crippen LogP) is 2.14. The molecule has 1 atom stereocenters. The van der Waals surface area contributed by atoms with E-state index >= 15 is 0 Å². The predicted molar refractivity (Wildman–Crippen MR) is 69.7 cm³/mol. The van der Waals surface area contributed by atoms with Gasteiger partial charge in [-0.2, -0.15) is 0 Å². The van der Waals surface area contributed by atoms with Crippen molar-refractivity contribution < 1.29 is 14.7 Å². The van der Waals surface area contributed by atoms with E-state index in [2.05, 4.69) is 5.32 Å². The Kier molecular flexibility index (Phi) is 4.89. The van der Waals surface area contributed by atoms with E-state index in [1.54, 1.807) is 6.92 Å². The van der Waals surface area contributed by atoms with Crippen LogP contribution in [0.5, 0.6) is 0 Å². The van der Waals surface area contributed by atoms with Crippen LogP contribution in [-0.4, -0.2) is 23.5 Å². The first-order valence-corrected chi connectivity index (χ1v) is 5.97. The minimum absolute atomic E-state index is 0.0626. The van der Waals surface area contributed by atoms with Gasteiger partial charge in [-0.25, -0.2) is 0 Å². The van der Waals surface area contributed by atoms with Gasteiger partial charge in [0.1, 0.15) is 0 Å². The van der Waals surface area contributed by atoms with Crippen LogP contribution in [0, 0.1) is 19.8 Å². The average Bonchev–Trinajstić information content (AvgIpc) is 2.28. The molecule has 1 rings (SSSR count). The average molecular weight is 249 g/mol. The minimum atomic E-state index is -0.844. The number of hydrogen-bond acceptors (Lipinski definition) is 2. The lowest BCUT2D eigenvalue weighted by Crippen LogP contribution is -2.29. The second-order valence-corrected chi connectivity index (χ2v) is 4.73. The van der Waals surface area contributed by atoms with Crippen LogP contribution in [0.3, 0.4) is 0 Å². The normalized spacial score (nSPS) is 11.9. The van der Waals surface area contributed by atoms with Crippen molar-refractivity contribution in [1.29, 1.82) is 0 Å². The van der Waals surface area contributed by atoms with Crippen LogP contribution >= 0.6 is 0 Å². The molecule has 0 fully saturated rings. The molecule has 0 saturated carbocycles. The van der Waals surface area contributed by atoms with Crippen LogP contribution in [0.1, 0.15) is 34.8 Å². The molecule has 0 aliphatic heterocycles. The van der Waals surface area contributed by atoms with Crippen molar-refractivity contribution >= 4 is 11.9 Å². The van der Waals surface area contributed by atoms with E-state index in [1.165, 1.54) is 0 Å². The topological polar surface area (TPSA) is 66.4 Å². The Morgan fingerprint density at radius 1 is 1.33 bits per heavy atom. The Hall–Kier alpha value is -1.84. The molecular formula is C14H19NO3. The van der Waals surface area contributed by atoms with E-state index in [1.807, 2.05) is 32.0 Å². The number of rotatable bonds is 5. The summed E-state index contributed by atoms with van der Waals surface area (Å²) in [6.45, 7) is 5.99. The first-order valence-electron chi connectivity index (χ1n) is 5.97. The number of carbonyl (C=O) groups is 2. The van der Waals surface area contributed by atoms with E-state index in [-0.39, 0.29) is 18.2 Å². The summed E-state index contributed by atoms with van der Waals surface area (Å²) in [7, 11) is 0. The lowest BCUT2D eigenvalue weighted by molar-refractivity contribution is -0.137. The SMILES string of the molecule is Cc1ccc(C)c(C(=O)NCC(C)CC(=O)O)c1. The quantitative estimate of drug-likeness (QED) is 0.840. The molecule has 0 bridgehead atoms. The third kappa shape index (κ3) is 4.20. The number of carboxylic acid groups (broad SMARTS) is 1. The third-order valence-corrected chi connectivity index (χ3v) is 2.77. The van der Waals surface area contributed by atoms with Gasteiger partial charge in [0.2, 0.25) is 0 Å². The Labute approximate surface area is 107 Å². The summed E-state index contributed by atoms with van der Waals surface area (Å²) in [5, 5.41) is 11.4. The van der Waals surface area contributed by atoms with Crippen molar-refractivity contribution in [3.63, 3.8) is 0 Å². The molecule has 1 aromatic rings. The van der Waals surface area contributed by atoms with Crippen molar-refractivity contribution in [2.24, 2.45) is 5.92 Å². The number of carbonyl (C=O) groups excluding carboxylic acids is 1. The molecule has 4 nitrogen and oxygen atoms in total. The Bertz CT molecular complexity index is 454. The molecule has 0 aliphatic rings. The molecule has 0 heterocycles. The molecule has 4 heteroatoms. The summed E-state index contributed by atoms with van der Waals surface area (Å²) < 4.78 is 0. The summed E-state index contributed by atoms with van der Waals surface area (Å²) in [4.78, 5) is 22.5. The maximum absolute atomic E-state index is 11.9.